The number of carbonyl (C=O) groups excluding carboxylic acids is 3. The molecule has 5 heterocycles. The van der Waals surface area contributed by atoms with Gasteiger partial charge in [-0.2, -0.15) is 0 Å². The van der Waals surface area contributed by atoms with Gasteiger partial charge in [-0.1, -0.05) is 45.9 Å². The van der Waals surface area contributed by atoms with Gasteiger partial charge in [0.05, 0.1) is 10.5 Å². The Labute approximate surface area is 261 Å². The summed E-state index contributed by atoms with van der Waals surface area (Å²) in [6.45, 7) is 8.62. The normalized spacial score (nSPS) is 39.9. The summed E-state index contributed by atoms with van der Waals surface area (Å²) in [7, 11) is 2.05. The number of nitrogens with one attached hydrogen (secondary N) is 2. The van der Waals surface area contributed by atoms with Crippen LogP contribution in [0, 0.1) is 29.6 Å². The minimum Gasteiger partial charge on any atom is -0.353 e. The van der Waals surface area contributed by atoms with Crippen molar-refractivity contribution in [2.24, 2.45) is 29.6 Å². The predicted molar refractivity (Wildman–Crippen MR) is 162 cm³/mol. The zero-order chi connectivity index (χ0) is 30.6. The van der Waals surface area contributed by atoms with Gasteiger partial charge < -0.3 is 20.6 Å². The van der Waals surface area contributed by atoms with Gasteiger partial charge in [0, 0.05) is 42.6 Å². The molecule has 0 spiro atoms. The summed E-state index contributed by atoms with van der Waals surface area (Å²) in [5.41, 5.74) is 1.95. The van der Waals surface area contributed by atoms with Gasteiger partial charge in [-0.25, -0.2) is 0 Å². The van der Waals surface area contributed by atoms with Gasteiger partial charge in [0.2, 0.25) is 17.5 Å². The predicted octanol–water partition coefficient (Wildman–Crippen LogP) is 2.54. The Morgan fingerprint density at radius 3 is 2.77 bits per heavy atom. The zero-order valence-electron chi connectivity index (χ0n) is 25.5. The molecule has 8 atom stereocenters. The second kappa shape index (κ2) is 10.0. The number of rotatable bonds is 5. The van der Waals surface area contributed by atoms with Crippen LogP contribution >= 0.6 is 15.9 Å². The van der Waals surface area contributed by atoms with Crippen molar-refractivity contribution in [2.75, 3.05) is 20.1 Å². The summed E-state index contributed by atoms with van der Waals surface area (Å²) in [5.74, 6) is -3.55. The largest absolute Gasteiger partial charge is 0.353 e. The first-order chi connectivity index (χ1) is 20.4. The van der Waals surface area contributed by atoms with E-state index in [9.17, 15) is 19.5 Å². The molecule has 5 aliphatic heterocycles. The molecule has 10 nitrogen and oxygen atoms in total. The van der Waals surface area contributed by atoms with Crippen LogP contribution in [0.1, 0.15) is 53.4 Å². The highest BCUT2D eigenvalue weighted by atomic mass is 79.9. The Bertz CT molecular complexity index is 1400. The van der Waals surface area contributed by atoms with Crippen LogP contribution in [0.25, 0.3) is 0 Å². The van der Waals surface area contributed by atoms with Crippen molar-refractivity contribution >= 4 is 33.7 Å². The fourth-order valence-electron chi connectivity index (χ4n) is 8.62. The second-order valence-corrected chi connectivity index (χ2v) is 14.9. The molecule has 11 heteroatoms. The Hall–Kier alpha value is -2.47. The second-order valence-electron chi connectivity index (χ2n) is 14.1. The summed E-state index contributed by atoms with van der Waals surface area (Å²) in [4.78, 5) is 47.4. The molecule has 0 aromatic carbocycles. The van der Waals surface area contributed by atoms with E-state index in [0.29, 0.717) is 25.9 Å². The topological polar surface area (TPSA) is 114 Å². The van der Waals surface area contributed by atoms with E-state index >= 15 is 0 Å². The van der Waals surface area contributed by atoms with Crippen LogP contribution in [0.15, 0.2) is 45.8 Å². The zero-order valence-corrected chi connectivity index (χ0v) is 27.1. The summed E-state index contributed by atoms with van der Waals surface area (Å²) in [5, 5.41) is 18.7. The third-order valence-electron chi connectivity index (χ3n) is 10.7. The van der Waals surface area contributed by atoms with Crippen molar-refractivity contribution < 1.29 is 24.2 Å². The number of amides is 3. The maximum atomic E-state index is 14.4. The Morgan fingerprint density at radius 1 is 1.28 bits per heavy atom. The molecule has 3 amide bonds. The SMILES string of the molecule is CC(C)C[C@H]1C(=O)N2CCC[C@H]2[C@]2(O)O[C@](NC(=O)[C@@H]3C=C4C5C=CC=C6NC(Br)=C(C[C@H]4N(C)C3)C65)(C(C)C)C(=O)N12. The fourth-order valence-corrected chi connectivity index (χ4v) is 9.26. The molecule has 2 aliphatic carbocycles. The van der Waals surface area contributed by atoms with E-state index in [0.717, 1.165) is 17.4 Å². The molecule has 0 aromatic rings. The summed E-state index contributed by atoms with van der Waals surface area (Å²) in [6.07, 6.45) is 11.0. The number of allylic oxidation sites excluding steroid dienone is 4. The van der Waals surface area contributed by atoms with E-state index in [4.69, 9.17) is 4.74 Å². The summed E-state index contributed by atoms with van der Waals surface area (Å²) >= 11 is 3.73. The van der Waals surface area contributed by atoms with Crippen molar-refractivity contribution in [2.45, 2.75) is 83.1 Å². The van der Waals surface area contributed by atoms with Crippen LogP contribution in [-0.4, -0.2) is 87.4 Å². The third kappa shape index (κ3) is 4.10. The van der Waals surface area contributed by atoms with Crippen LogP contribution < -0.4 is 10.6 Å². The number of hydrogen-bond acceptors (Lipinski definition) is 7. The first-order valence-electron chi connectivity index (χ1n) is 15.7. The molecule has 7 aliphatic rings. The molecule has 3 N–H and O–H groups in total. The van der Waals surface area contributed by atoms with Crippen molar-refractivity contribution in [3.05, 3.63) is 45.8 Å². The molecule has 232 valence electrons. The van der Waals surface area contributed by atoms with Crippen molar-refractivity contribution in [1.29, 1.82) is 0 Å². The molecule has 4 fully saturated rings. The lowest BCUT2D eigenvalue weighted by molar-refractivity contribution is -0.322. The molecule has 7 rings (SSSR count). The molecular weight excluding hydrogens is 614 g/mol. The summed E-state index contributed by atoms with van der Waals surface area (Å²) < 4.78 is 7.50. The van der Waals surface area contributed by atoms with Gasteiger partial charge in [-0.05, 0) is 71.8 Å². The van der Waals surface area contributed by atoms with Crippen LogP contribution in [0.3, 0.4) is 0 Å². The Kier molecular flexibility index (Phi) is 6.82. The molecule has 0 bridgehead atoms. The highest BCUT2D eigenvalue weighted by molar-refractivity contribution is 9.11. The standard InChI is InChI=1S/C32H42BrN5O5/c1-16(2)12-24-29(40)37-11-7-10-25(37)32(42)38(24)30(41)31(43-32,17(3)4)35-28(39)18-13-20-19-8-6-9-22-26(19)21(27(33)34-22)14-23(20)36(5)15-18/h6,8-9,13,16-19,23-26,34,42H,7,10-12,14-15H2,1-5H3,(H,35,39)/t18-,19?,23-,24+,25+,26?,31-,32+/m1/s1. The number of aliphatic hydroxyl groups is 1. The highest BCUT2D eigenvalue weighted by Gasteiger charge is 2.72. The van der Waals surface area contributed by atoms with Crippen molar-refractivity contribution in [3.63, 3.8) is 0 Å². The van der Waals surface area contributed by atoms with Crippen molar-refractivity contribution in [1.82, 2.24) is 25.3 Å². The number of hydrogen-bond donors (Lipinski definition) is 3. The smallest absolute Gasteiger partial charge is 0.281 e. The molecule has 2 unspecified atom stereocenters. The molecule has 0 radical (unpaired) electrons. The van der Waals surface area contributed by atoms with Crippen LogP contribution in [0.5, 0.6) is 0 Å². The fraction of sp³-hybridized carbons (Fsp3) is 0.656. The number of ether oxygens (including phenoxy) is 1. The molecule has 3 saturated heterocycles. The van der Waals surface area contributed by atoms with Gasteiger partial charge in [-0.3, -0.25) is 28.9 Å². The monoisotopic (exact) mass is 655 g/mol. The average Bonchev–Trinajstić information content (AvgIpc) is 3.63. The van der Waals surface area contributed by atoms with Gasteiger partial charge in [0.15, 0.2) is 0 Å². The Balaban J connectivity index is 1.21. The van der Waals surface area contributed by atoms with Crippen LogP contribution in [0.4, 0.5) is 0 Å². The lowest BCUT2D eigenvalue weighted by atomic mass is 9.66. The quantitative estimate of drug-likeness (QED) is 0.308. The molecule has 0 aromatic heterocycles. The number of piperazine rings is 1. The number of carbonyl (C=O) groups is 3. The number of likely N-dealkylation sites (N-methyl/N-ethyl adjacent to an activating group) is 1. The molecular formula is C32H42BrN5O5. The molecule has 1 saturated carbocycles. The lowest BCUT2D eigenvalue weighted by Crippen LogP contribution is -2.71. The van der Waals surface area contributed by atoms with E-state index < -0.39 is 41.5 Å². The number of nitrogens with zero attached hydrogens (tertiary/aromatic N) is 3. The van der Waals surface area contributed by atoms with E-state index in [-0.39, 0.29) is 35.6 Å². The first kappa shape index (κ1) is 29.3. The van der Waals surface area contributed by atoms with Gasteiger partial charge in [-0.15, -0.1) is 0 Å². The van der Waals surface area contributed by atoms with Gasteiger partial charge >= 0.3 is 0 Å². The lowest BCUT2D eigenvalue weighted by Gasteiger charge is -2.49. The maximum Gasteiger partial charge on any atom is 0.281 e. The molecule has 43 heavy (non-hydrogen) atoms. The first-order valence-corrected chi connectivity index (χ1v) is 16.5. The number of halogens is 1. The van der Waals surface area contributed by atoms with Crippen LogP contribution in [-0.2, 0) is 19.1 Å². The van der Waals surface area contributed by atoms with Crippen LogP contribution in [0.2, 0.25) is 0 Å². The maximum absolute atomic E-state index is 14.4. The van der Waals surface area contributed by atoms with Gasteiger partial charge in [0.25, 0.3) is 11.8 Å². The number of fused-ring (bicyclic) bond motifs is 5. The minimum absolute atomic E-state index is 0.108. The van der Waals surface area contributed by atoms with E-state index in [2.05, 4.69) is 55.8 Å². The average molecular weight is 657 g/mol. The van der Waals surface area contributed by atoms with E-state index in [1.54, 1.807) is 4.90 Å². The van der Waals surface area contributed by atoms with E-state index in [1.165, 1.54) is 21.7 Å². The van der Waals surface area contributed by atoms with Crippen molar-refractivity contribution in [3.8, 4) is 0 Å². The summed E-state index contributed by atoms with van der Waals surface area (Å²) in [6, 6.07) is -1.35. The third-order valence-corrected chi connectivity index (χ3v) is 11.4. The van der Waals surface area contributed by atoms with Gasteiger partial charge in [0.1, 0.15) is 12.1 Å². The highest BCUT2D eigenvalue weighted by Crippen LogP contribution is 2.52. The Morgan fingerprint density at radius 2 is 2.05 bits per heavy atom. The van der Waals surface area contributed by atoms with E-state index in [1.807, 2.05) is 34.7 Å². The minimum atomic E-state index is -2.00.